The highest BCUT2D eigenvalue weighted by Crippen LogP contribution is 2.31. The number of amides is 1. The summed E-state index contributed by atoms with van der Waals surface area (Å²) in [6, 6.07) is 9.20. The molecule has 0 aliphatic carbocycles. The molecular weight excluding hydrogens is 465 g/mol. The van der Waals surface area contributed by atoms with Crippen LogP contribution < -0.4 is 16.0 Å². The van der Waals surface area contributed by atoms with Crippen LogP contribution in [0.3, 0.4) is 0 Å². The molecule has 3 rings (SSSR count). The molecule has 6 nitrogen and oxygen atoms in total. The molecule has 0 saturated carbocycles. The van der Waals surface area contributed by atoms with E-state index >= 15 is 0 Å². The number of benzene rings is 1. The van der Waals surface area contributed by atoms with E-state index in [1.807, 2.05) is 0 Å². The zero-order valence-corrected chi connectivity index (χ0v) is 19.4. The molecular formula is C21H34IN5O. The number of hydrogen-bond acceptors (Lipinski definition) is 3. The maximum absolute atomic E-state index is 11.3. The van der Waals surface area contributed by atoms with Gasteiger partial charge in [0, 0.05) is 44.3 Å². The van der Waals surface area contributed by atoms with Crippen molar-refractivity contribution in [1.82, 2.24) is 10.2 Å². The van der Waals surface area contributed by atoms with E-state index in [1.165, 1.54) is 11.3 Å². The third-order valence-electron chi connectivity index (χ3n) is 5.59. The molecule has 7 heteroatoms. The Morgan fingerprint density at radius 1 is 1.36 bits per heavy atom. The average molecular weight is 499 g/mol. The highest BCUT2D eigenvalue weighted by Gasteiger charge is 2.26. The summed E-state index contributed by atoms with van der Waals surface area (Å²) >= 11 is 0. The lowest BCUT2D eigenvalue weighted by atomic mass is 9.95. The lowest BCUT2D eigenvalue weighted by molar-refractivity contribution is -0.119. The number of aliphatic imine (C=N–C) groups is 1. The Morgan fingerprint density at radius 3 is 2.89 bits per heavy atom. The Bertz CT molecular complexity index is 681. The summed E-state index contributed by atoms with van der Waals surface area (Å²) < 4.78 is 0. The maximum Gasteiger partial charge on any atom is 0.217 e. The quantitative estimate of drug-likeness (QED) is 0.359. The number of anilines is 1. The van der Waals surface area contributed by atoms with Gasteiger partial charge in [0.05, 0.1) is 6.54 Å². The zero-order valence-electron chi connectivity index (χ0n) is 17.1. The van der Waals surface area contributed by atoms with Gasteiger partial charge in [-0.15, -0.1) is 24.0 Å². The molecule has 2 atom stereocenters. The van der Waals surface area contributed by atoms with Gasteiger partial charge in [-0.3, -0.25) is 9.79 Å². The number of para-hydroxylation sites is 1. The van der Waals surface area contributed by atoms with E-state index in [0.29, 0.717) is 18.4 Å². The van der Waals surface area contributed by atoms with Crippen molar-refractivity contribution < 1.29 is 4.79 Å². The number of primary amides is 1. The molecule has 0 radical (unpaired) electrons. The first-order chi connectivity index (χ1) is 13.1. The molecule has 1 aromatic rings. The zero-order chi connectivity index (χ0) is 19.2. The van der Waals surface area contributed by atoms with E-state index in [1.54, 1.807) is 0 Å². The summed E-state index contributed by atoms with van der Waals surface area (Å²) in [4.78, 5) is 20.9. The fraction of sp³-hybridized carbons (Fsp3) is 0.619. The van der Waals surface area contributed by atoms with Gasteiger partial charge in [0.15, 0.2) is 5.96 Å². The maximum atomic E-state index is 11.3. The number of rotatable bonds is 6. The highest BCUT2D eigenvalue weighted by atomic mass is 127. The number of hydrogen-bond donors (Lipinski definition) is 2. The van der Waals surface area contributed by atoms with Gasteiger partial charge in [-0.25, -0.2) is 0 Å². The van der Waals surface area contributed by atoms with E-state index in [2.05, 4.69) is 53.2 Å². The molecule has 0 bridgehead atoms. The first-order valence-electron chi connectivity index (χ1n) is 10.2. The van der Waals surface area contributed by atoms with Crippen molar-refractivity contribution in [2.75, 3.05) is 37.6 Å². The van der Waals surface area contributed by atoms with Crippen molar-refractivity contribution in [2.45, 2.75) is 45.6 Å². The molecule has 2 aliphatic rings. The highest BCUT2D eigenvalue weighted by molar-refractivity contribution is 14.0. The number of piperidine rings is 1. The number of guanidine groups is 1. The van der Waals surface area contributed by atoms with Gasteiger partial charge in [-0.05, 0) is 50.7 Å². The largest absolute Gasteiger partial charge is 0.370 e. The molecule has 0 spiro atoms. The molecule has 2 heterocycles. The first-order valence-corrected chi connectivity index (χ1v) is 10.2. The van der Waals surface area contributed by atoms with Crippen LogP contribution in [-0.2, 0) is 11.2 Å². The third-order valence-corrected chi connectivity index (χ3v) is 5.59. The van der Waals surface area contributed by atoms with E-state index in [-0.39, 0.29) is 29.9 Å². The van der Waals surface area contributed by atoms with Crippen LogP contribution in [-0.4, -0.2) is 55.5 Å². The van der Waals surface area contributed by atoms with E-state index in [4.69, 9.17) is 10.7 Å². The predicted octanol–water partition coefficient (Wildman–Crippen LogP) is 2.61. The summed E-state index contributed by atoms with van der Waals surface area (Å²) in [6.07, 6.45) is 3.73. The number of halogens is 1. The molecule has 0 aromatic heterocycles. The Hall–Kier alpha value is -1.51. The van der Waals surface area contributed by atoms with Gasteiger partial charge in [-0.1, -0.05) is 18.2 Å². The van der Waals surface area contributed by atoms with Gasteiger partial charge in [0.25, 0.3) is 0 Å². The fourth-order valence-corrected chi connectivity index (χ4v) is 4.37. The molecule has 1 saturated heterocycles. The molecule has 1 amide bonds. The van der Waals surface area contributed by atoms with Crippen LogP contribution in [0.2, 0.25) is 0 Å². The number of nitrogens with zero attached hydrogens (tertiary/aromatic N) is 3. The first kappa shape index (κ1) is 22.8. The number of likely N-dealkylation sites (tertiary alicyclic amines) is 1. The molecule has 3 N–H and O–H groups in total. The van der Waals surface area contributed by atoms with Crippen molar-refractivity contribution in [3.8, 4) is 0 Å². The van der Waals surface area contributed by atoms with E-state index in [0.717, 1.165) is 57.9 Å². The molecule has 2 unspecified atom stereocenters. The van der Waals surface area contributed by atoms with Crippen molar-refractivity contribution in [2.24, 2.45) is 16.6 Å². The topological polar surface area (TPSA) is 74.0 Å². The third kappa shape index (κ3) is 5.75. The summed E-state index contributed by atoms with van der Waals surface area (Å²) in [5, 5.41) is 3.42. The number of nitrogens with two attached hydrogens (primary N) is 1. The number of fused-ring (bicyclic) bond motifs is 1. The number of carbonyl (C=O) groups excluding carboxylic acids is 1. The summed E-state index contributed by atoms with van der Waals surface area (Å²) in [7, 11) is 0. The normalized spacial score (nSPS) is 21.9. The Kier molecular flexibility index (Phi) is 8.85. The van der Waals surface area contributed by atoms with Crippen LogP contribution in [0.15, 0.2) is 29.3 Å². The molecule has 1 fully saturated rings. The average Bonchev–Trinajstić information content (AvgIpc) is 2.96. The van der Waals surface area contributed by atoms with E-state index < -0.39 is 0 Å². The molecule has 28 heavy (non-hydrogen) atoms. The summed E-state index contributed by atoms with van der Waals surface area (Å²) in [6.45, 7) is 8.76. The lowest BCUT2D eigenvalue weighted by Crippen LogP contribution is -2.47. The second kappa shape index (κ2) is 10.9. The van der Waals surface area contributed by atoms with Crippen molar-refractivity contribution in [3.63, 3.8) is 0 Å². The minimum absolute atomic E-state index is 0. The minimum Gasteiger partial charge on any atom is -0.370 e. The van der Waals surface area contributed by atoms with Gasteiger partial charge in [-0.2, -0.15) is 0 Å². The van der Waals surface area contributed by atoms with Crippen LogP contribution in [0.4, 0.5) is 5.69 Å². The van der Waals surface area contributed by atoms with E-state index in [9.17, 15) is 4.79 Å². The number of carbonyl (C=O) groups is 1. The van der Waals surface area contributed by atoms with Crippen LogP contribution in [0.1, 0.15) is 38.7 Å². The summed E-state index contributed by atoms with van der Waals surface area (Å²) in [5.41, 5.74) is 8.18. The Morgan fingerprint density at radius 2 is 2.14 bits per heavy atom. The SMILES string of the molecule is CCNC(=NCCN1c2ccccc2CC1C)N1CCCC(CC(N)=O)C1.I. The Balaban J connectivity index is 0.00000280. The minimum atomic E-state index is -0.203. The molecule has 2 aliphatic heterocycles. The van der Waals surface area contributed by atoms with Crippen LogP contribution >= 0.6 is 24.0 Å². The lowest BCUT2D eigenvalue weighted by Gasteiger charge is -2.35. The standard InChI is InChI=1S/C21H33N5O.HI/c1-3-23-21(25-11-6-7-17(15-25)14-20(22)27)24-10-12-26-16(2)13-18-8-4-5-9-19(18)26;/h4-5,8-9,16-17H,3,6-7,10-15H2,1-2H3,(H2,22,27)(H,23,24);1H. The predicted molar refractivity (Wildman–Crippen MR) is 126 cm³/mol. The van der Waals surface area contributed by atoms with Crippen molar-refractivity contribution >= 4 is 41.5 Å². The molecule has 156 valence electrons. The van der Waals surface area contributed by atoms with Crippen LogP contribution in [0.25, 0.3) is 0 Å². The van der Waals surface area contributed by atoms with Crippen molar-refractivity contribution in [3.05, 3.63) is 29.8 Å². The van der Waals surface area contributed by atoms with Crippen molar-refractivity contribution in [1.29, 1.82) is 0 Å². The fourth-order valence-electron chi connectivity index (χ4n) is 4.37. The second-order valence-electron chi connectivity index (χ2n) is 7.74. The number of nitrogens with one attached hydrogen (secondary N) is 1. The van der Waals surface area contributed by atoms with Gasteiger partial charge < -0.3 is 20.9 Å². The Labute approximate surface area is 186 Å². The second-order valence-corrected chi connectivity index (χ2v) is 7.74. The molecule has 1 aromatic carbocycles. The van der Waals surface area contributed by atoms with Crippen LogP contribution in [0, 0.1) is 5.92 Å². The smallest absolute Gasteiger partial charge is 0.217 e. The van der Waals surface area contributed by atoms with Gasteiger partial charge in [0.1, 0.15) is 0 Å². The van der Waals surface area contributed by atoms with Gasteiger partial charge >= 0.3 is 0 Å². The van der Waals surface area contributed by atoms with Gasteiger partial charge in [0.2, 0.25) is 5.91 Å². The van der Waals surface area contributed by atoms with Crippen LogP contribution in [0.5, 0.6) is 0 Å². The summed E-state index contributed by atoms with van der Waals surface area (Å²) in [5.74, 6) is 1.10. The monoisotopic (exact) mass is 499 g/mol.